The molecule has 0 spiro atoms. The van der Waals surface area contributed by atoms with Gasteiger partial charge in [0.1, 0.15) is 11.1 Å². The minimum Gasteiger partial charge on any atom is -0.374 e. The van der Waals surface area contributed by atoms with Gasteiger partial charge in [0.25, 0.3) is 0 Å². The first kappa shape index (κ1) is 8.68. The normalized spacial score (nSPS) is 13.8. The van der Waals surface area contributed by atoms with E-state index >= 15 is 0 Å². The molecule has 0 amide bonds. The topological polar surface area (TPSA) is 22.1 Å². The van der Waals surface area contributed by atoms with Gasteiger partial charge in [-0.3, -0.25) is 0 Å². The molecule has 0 N–H and O–H groups in total. The van der Waals surface area contributed by atoms with Crippen LogP contribution >= 0.6 is 11.3 Å². The third-order valence-electron chi connectivity index (χ3n) is 1.55. The van der Waals surface area contributed by atoms with E-state index < -0.39 is 0 Å². The number of thiazole rings is 1. The van der Waals surface area contributed by atoms with Crippen molar-refractivity contribution in [1.29, 1.82) is 0 Å². The predicted octanol–water partition coefficient (Wildman–Crippen LogP) is 2.49. The van der Waals surface area contributed by atoms with Crippen LogP contribution in [0.4, 0.5) is 0 Å². The Morgan fingerprint density at radius 2 is 2.27 bits per heavy atom. The van der Waals surface area contributed by atoms with Crippen molar-refractivity contribution in [3.63, 3.8) is 0 Å². The molecule has 0 aromatic carbocycles. The molecule has 0 aliphatic carbocycles. The van der Waals surface area contributed by atoms with Crippen molar-refractivity contribution in [3.05, 3.63) is 16.6 Å². The van der Waals surface area contributed by atoms with Gasteiger partial charge < -0.3 is 4.74 Å². The summed E-state index contributed by atoms with van der Waals surface area (Å²) in [5.74, 6) is 0.492. The Balaban J connectivity index is 2.71. The summed E-state index contributed by atoms with van der Waals surface area (Å²) >= 11 is 1.65. The van der Waals surface area contributed by atoms with Crippen LogP contribution in [0.3, 0.4) is 0 Å². The van der Waals surface area contributed by atoms with Gasteiger partial charge in [-0.05, 0) is 5.92 Å². The van der Waals surface area contributed by atoms with E-state index in [1.54, 1.807) is 18.4 Å². The molecule has 11 heavy (non-hydrogen) atoms. The molecule has 62 valence electrons. The lowest BCUT2D eigenvalue weighted by Crippen LogP contribution is -2.07. The molecular formula is C8H13NOS. The molecule has 1 aromatic rings. The molecule has 0 saturated heterocycles. The first-order valence-electron chi connectivity index (χ1n) is 3.68. The van der Waals surface area contributed by atoms with Gasteiger partial charge in [-0.25, -0.2) is 4.98 Å². The van der Waals surface area contributed by atoms with Crippen molar-refractivity contribution in [2.75, 3.05) is 7.11 Å². The third kappa shape index (κ3) is 2.01. The summed E-state index contributed by atoms with van der Waals surface area (Å²) in [4.78, 5) is 4.20. The lowest BCUT2D eigenvalue weighted by atomic mass is 10.1. The molecule has 1 rings (SSSR count). The number of ether oxygens (including phenoxy) is 1. The van der Waals surface area contributed by atoms with Crippen molar-refractivity contribution < 1.29 is 4.74 Å². The highest BCUT2D eigenvalue weighted by atomic mass is 32.1. The van der Waals surface area contributed by atoms with Crippen LogP contribution in [-0.4, -0.2) is 12.1 Å². The summed E-state index contributed by atoms with van der Waals surface area (Å²) < 4.78 is 5.30. The van der Waals surface area contributed by atoms with Crippen LogP contribution in [0, 0.1) is 5.92 Å². The lowest BCUT2D eigenvalue weighted by Gasteiger charge is -2.15. The largest absolute Gasteiger partial charge is 0.374 e. The van der Waals surface area contributed by atoms with E-state index in [9.17, 15) is 0 Å². The van der Waals surface area contributed by atoms with Crippen LogP contribution in [0.25, 0.3) is 0 Å². The predicted molar refractivity (Wildman–Crippen MR) is 46.7 cm³/mol. The van der Waals surface area contributed by atoms with Gasteiger partial charge in [0.05, 0.1) is 0 Å². The van der Waals surface area contributed by atoms with E-state index in [1.165, 1.54) is 0 Å². The van der Waals surface area contributed by atoms with E-state index in [0.29, 0.717) is 5.92 Å². The minimum atomic E-state index is 0.162. The van der Waals surface area contributed by atoms with E-state index in [2.05, 4.69) is 18.8 Å². The average Bonchev–Trinajstić information content (AvgIpc) is 2.40. The Morgan fingerprint density at radius 3 is 2.64 bits per heavy atom. The maximum absolute atomic E-state index is 5.30. The zero-order valence-electron chi connectivity index (χ0n) is 7.07. The molecule has 3 heteroatoms. The molecule has 2 nitrogen and oxygen atoms in total. The number of hydrogen-bond acceptors (Lipinski definition) is 3. The van der Waals surface area contributed by atoms with Crippen LogP contribution < -0.4 is 0 Å². The fourth-order valence-electron chi connectivity index (χ4n) is 1.03. The number of aromatic nitrogens is 1. The van der Waals surface area contributed by atoms with Crippen LogP contribution in [0.2, 0.25) is 0 Å². The Labute approximate surface area is 71.2 Å². The second-order valence-corrected chi connectivity index (χ2v) is 3.70. The maximum Gasteiger partial charge on any atom is 0.122 e. The quantitative estimate of drug-likeness (QED) is 0.697. The summed E-state index contributed by atoms with van der Waals surface area (Å²) in [5, 5.41) is 3.05. The van der Waals surface area contributed by atoms with E-state index in [4.69, 9.17) is 4.74 Å². The molecule has 0 aliphatic heterocycles. The van der Waals surface area contributed by atoms with Gasteiger partial charge in [0, 0.05) is 18.7 Å². The van der Waals surface area contributed by atoms with E-state index in [-0.39, 0.29) is 6.10 Å². The summed E-state index contributed by atoms with van der Waals surface area (Å²) in [7, 11) is 1.73. The van der Waals surface area contributed by atoms with Gasteiger partial charge >= 0.3 is 0 Å². The summed E-state index contributed by atoms with van der Waals surface area (Å²) in [6.07, 6.45) is 1.98. The molecule has 1 unspecified atom stereocenters. The minimum absolute atomic E-state index is 0.162. The molecule has 0 bridgehead atoms. The summed E-state index contributed by atoms with van der Waals surface area (Å²) in [6, 6.07) is 0. The maximum atomic E-state index is 5.30. The fraction of sp³-hybridized carbons (Fsp3) is 0.625. The van der Waals surface area contributed by atoms with Crippen molar-refractivity contribution in [2.45, 2.75) is 20.0 Å². The zero-order valence-corrected chi connectivity index (χ0v) is 7.89. The second-order valence-electron chi connectivity index (χ2n) is 2.77. The van der Waals surface area contributed by atoms with Gasteiger partial charge in [-0.15, -0.1) is 11.3 Å². The van der Waals surface area contributed by atoms with E-state index in [1.807, 2.05) is 11.6 Å². The molecule has 1 atom stereocenters. The van der Waals surface area contributed by atoms with Crippen molar-refractivity contribution in [1.82, 2.24) is 4.98 Å². The van der Waals surface area contributed by atoms with Crippen LogP contribution in [0.1, 0.15) is 25.0 Å². The molecule has 0 aliphatic rings. The van der Waals surface area contributed by atoms with Crippen LogP contribution in [-0.2, 0) is 4.74 Å². The average molecular weight is 171 g/mol. The Morgan fingerprint density at radius 1 is 1.55 bits per heavy atom. The monoisotopic (exact) mass is 171 g/mol. The SMILES string of the molecule is COC(c1nccs1)C(C)C. The van der Waals surface area contributed by atoms with Crippen molar-refractivity contribution >= 4 is 11.3 Å². The molecule has 1 heterocycles. The molecule has 0 saturated carbocycles. The summed E-state index contributed by atoms with van der Waals surface area (Å²) in [6.45, 7) is 4.27. The molecule has 0 fully saturated rings. The Kier molecular flexibility index (Phi) is 3.02. The highest BCUT2D eigenvalue weighted by Crippen LogP contribution is 2.25. The second kappa shape index (κ2) is 3.83. The first-order chi connectivity index (χ1) is 5.25. The highest BCUT2D eigenvalue weighted by molar-refractivity contribution is 7.09. The van der Waals surface area contributed by atoms with Crippen molar-refractivity contribution in [2.24, 2.45) is 5.92 Å². The highest BCUT2D eigenvalue weighted by Gasteiger charge is 2.16. The molecule has 0 radical (unpaired) electrons. The van der Waals surface area contributed by atoms with E-state index in [0.717, 1.165) is 5.01 Å². The third-order valence-corrected chi connectivity index (χ3v) is 2.39. The fourth-order valence-corrected chi connectivity index (χ4v) is 1.92. The molecule has 1 aromatic heterocycles. The number of nitrogens with zero attached hydrogens (tertiary/aromatic N) is 1. The molecular weight excluding hydrogens is 158 g/mol. The zero-order chi connectivity index (χ0) is 8.27. The van der Waals surface area contributed by atoms with Crippen LogP contribution in [0.5, 0.6) is 0 Å². The summed E-state index contributed by atoms with van der Waals surface area (Å²) in [5.41, 5.74) is 0. The Hall–Kier alpha value is -0.410. The van der Waals surface area contributed by atoms with Gasteiger partial charge in [-0.2, -0.15) is 0 Å². The lowest BCUT2D eigenvalue weighted by molar-refractivity contribution is 0.0644. The van der Waals surface area contributed by atoms with Gasteiger partial charge in [0.2, 0.25) is 0 Å². The van der Waals surface area contributed by atoms with Crippen LogP contribution in [0.15, 0.2) is 11.6 Å². The first-order valence-corrected chi connectivity index (χ1v) is 4.56. The number of hydrogen-bond donors (Lipinski definition) is 0. The number of methoxy groups -OCH3 is 1. The number of rotatable bonds is 3. The standard InChI is InChI=1S/C8H13NOS/c1-6(2)7(10-3)8-9-4-5-11-8/h4-7H,1-3H3. The Bertz CT molecular complexity index is 196. The van der Waals surface area contributed by atoms with Gasteiger partial charge in [0.15, 0.2) is 0 Å². The van der Waals surface area contributed by atoms with Crippen molar-refractivity contribution in [3.8, 4) is 0 Å². The smallest absolute Gasteiger partial charge is 0.122 e. The van der Waals surface area contributed by atoms with Gasteiger partial charge in [-0.1, -0.05) is 13.8 Å².